The molecule has 0 atom stereocenters. The molecule has 0 spiro atoms. The van der Waals surface area contributed by atoms with Crippen LogP contribution in [0.5, 0.6) is 5.75 Å². The molecule has 0 saturated heterocycles. The van der Waals surface area contributed by atoms with Crippen LogP contribution in [-0.2, 0) is 6.42 Å². The van der Waals surface area contributed by atoms with Crippen molar-refractivity contribution in [1.29, 1.82) is 0 Å². The predicted octanol–water partition coefficient (Wildman–Crippen LogP) is 3.76. The number of hydrogen-bond donors (Lipinski definition) is 1. The molecule has 1 heterocycles. The number of amides is 1. The number of rotatable bonds is 7. The summed E-state index contributed by atoms with van der Waals surface area (Å²) in [6.45, 7) is 2.75. The van der Waals surface area contributed by atoms with Crippen molar-refractivity contribution in [2.75, 3.05) is 13.2 Å². The van der Waals surface area contributed by atoms with Gasteiger partial charge in [-0.25, -0.2) is 0 Å². The van der Waals surface area contributed by atoms with Crippen LogP contribution in [-0.4, -0.2) is 29.2 Å². The van der Waals surface area contributed by atoms with Crippen molar-refractivity contribution >= 4 is 17.5 Å². The second-order valence-electron chi connectivity index (χ2n) is 5.45. The van der Waals surface area contributed by atoms with E-state index in [2.05, 4.69) is 15.5 Å². The van der Waals surface area contributed by atoms with Gasteiger partial charge in [0.05, 0.1) is 12.2 Å². The first-order chi connectivity index (χ1) is 12.7. The van der Waals surface area contributed by atoms with Crippen molar-refractivity contribution in [3.63, 3.8) is 0 Å². The molecule has 1 N–H and O–H groups in total. The number of nitrogens with one attached hydrogen (secondary N) is 1. The first kappa shape index (κ1) is 17.9. The molecule has 3 aromatic rings. The lowest BCUT2D eigenvalue weighted by Gasteiger charge is -2.09. The molecule has 0 fully saturated rings. The van der Waals surface area contributed by atoms with Crippen molar-refractivity contribution in [1.82, 2.24) is 15.5 Å². The van der Waals surface area contributed by atoms with Crippen molar-refractivity contribution in [2.45, 2.75) is 13.3 Å². The van der Waals surface area contributed by atoms with E-state index in [-0.39, 0.29) is 5.91 Å². The Hall–Kier alpha value is -2.86. The van der Waals surface area contributed by atoms with Crippen molar-refractivity contribution in [2.24, 2.45) is 0 Å². The molecule has 0 saturated carbocycles. The summed E-state index contributed by atoms with van der Waals surface area (Å²) in [5.74, 6) is 1.31. The maximum Gasteiger partial charge on any atom is 0.255 e. The molecule has 3 rings (SSSR count). The van der Waals surface area contributed by atoms with E-state index in [1.807, 2.05) is 25.1 Å². The molecule has 7 heteroatoms. The first-order valence-electron chi connectivity index (χ1n) is 8.26. The van der Waals surface area contributed by atoms with E-state index in [9.17, 15) is 4.79 Å². The van der Waals surface area contributed by atoms with Crippen molar-refractivity contribution in [3.05, 3.63) is 65.0 Å². The minimum Gasteiger partial charge on any atom is -0.493 e. The van der Waals surface area contributed by atoms with Crippen LogP contribution in [0.4, 0.5) is 0 Å². The summed E-state index contributed by atoms with van der Waals surface area (Å²) in [5, 5.41) is 7.43. The van der Waals surface area contributed by atoms with Gasteiger partial charge in [-0.3, -0.25) is 4.79 Å². The number of para-hydroxylation sites is 1. The largest absolute Gasteiger partial charge is 0.493 e. The fraction of sp³-hybridized carbons (Fsp3) is 0.211. The molecule has 1 aromatic heterocycles. The molecule has 26 heavy (non-hydrogen) atoms. The number of halogens is 1. The molecule has 0 radical (unpaired) electrons. The van der Waals surface area contributed by atoms with E-state index in [1.54, 1.807) is 30.3 Å². The molecule has 0 aliphatic rings. The zero-order valence-corrected chi connectivity index (χ0v) is 15.0. The molecule has 0 aliphatic heterocycles. The van der Waals surface area contributed by atoms with E-state index in [4.69, 9.17) is 20.9 Å². The Kier molecular flexibility index (Phi) is 5.86. The number of hydrogen-bond acceptors (Lipinski definition) is 5. The third kappa shape index (κ3) is 4.40. The number of carbonyl (C=O) groups excluding carboxylic acids is 1. The second kappa shape index (κ2) is 8.49. The molecular formula is C19H18ClN3O3. The van der Waals surface area contributed by atoms with Crippen molar-refractivity contribution < 1.29 is 14.1 Å². The molecular weight excluding hydrogens is 354 g/mol. The number of carbonyl (C=O) groups is 1. The molecule has 2 aromatic carbocycles. The highest BCUT2D eigenvalue weighted by atomic mass is 35.5. The highest BCUT2D eigenvalue weighted by molar-refractivity contribution is 6.30. The summed E-state index contributed by atoms with van der Waals surface area (Å²) >= 11 is 5.87. The lowest BCUT2D eigenvalue weighted by molar-refractivity contribution is 0.0949. The quantitative estimate of drug-likeness (QED) is 0.684. The lowest BCUT2D eigenvalue weighted by atomic mass is 10.2. The minimum absolute atomic E-state index is 0.202. The third-order valence-electron chi connectivity index (χ3n) is 3.63. The van der Waals surface area contributed by atoms with E-state index < -0.39 is 0 Å². The van der Waals surface area contributed by atoms with E-state index in [0.717, 1.165) is 5.56 Å². The number of ether oxygens (including phenoxy) is 1. The summed E-state index contributed by atoms with van der Waals surface area (Å²) < 4.78 is 10.7. The molecule has 0 bridgehead atoms. The van der Waals surface area contributed by atoms with Gasteiger partial charge in [0.15, 0.2) is 0 Å². The smallest absolute Gasteiger partial charge is 0.255 e. The Labute approximate surface area is 156 Å². The highest BCUT2D eigenvalue weighted by Gasteiger charge is 2.13. The van der Waals surface area contributed by atoms with Gasteiger partial charge in [-0.05, 0) is 43.3 Å². The van der Waals surface area contributed by atoms with E-state index in [1.165, 1.54) is 0 Å². The van der Waals surface area contributed by atoms with Gasteiger partial charge in [0, 0.05) is 23.6 Å². The van der Waals surface area contributed by atoms with Crippen molar-refractivity contribution in [3.8, 4) is 17.1 Å². The predicted molar refractivity (Wildman–Crippen MR) is 98.4 cm³/mol. The van der Waals surface area contributed by atoms with Gasteiger partial charge in [-0.15, -0.1) is 0 Å². The fourth-order valence-electron chi connectivity index (χ4n) is 2.39. The summed E-state index contributed by atoms with van der Waals surface area (Å²) in [6, 6.07) is 14.3. The SMILES string of the molecule is CCOc1ccccc1C(=O)NCCc1nc(-c2ccc(Cl)cc2)no1. The average Bonchev–Trinajstić information content (AvgIpc) is 3.12. The summed E-state index contributed by atoms with van der Waals surface area (Å²) in [6.07, 6.45) is 0.434. The fourth-order valence-corrected chi connectivity index (χ4v) is 2.51. The highest BCUT2D eigenvalue weighted by Crippen LogP contribution is 2.19. The normalized spacial score (nSPS) is 10.5. The van der Waals surface area contributed by atoms with Gasteiger partial charge in [0.25, 0.3) is 5.91 Å². The number of nitrogens with zero attached hydrogens (tertiary/aromatic N) is 2. The lowest BCUT2D eigenvalue weighted by Crippen LogP contribution is -2.26. The Morgan fingerprint density at radius 1 is 1.19 bits per heavy atom. The number of aromatic nitrogens is 2. The zero-order valence-electron chi connectivity index (χ0n) is 14.2. The third-order valence-corrected chi connectivity index (χ3v) is 3.88. The molecule has 0 aliphatic carbocycles. The van der Waals surface area contributed by atoms with Crippen LogP contribution in [0.15, 0.2) is 53.1 Å². The maximum absolute atomic E-state index is 12.3. The Morgan fingerprint density at radius 2 is 1.96 bits per heavy atom. The second-order valence-corrected chi connectivity index (χ2v) is 5.89. The topological polar surface area (TPSA) is 77.2 Å². The van der Waals surface area contributed by atoms with Crippen LogP contribution in [0.25, 0.3) is 11.4 Å². The Balaban J connectivity index is 1.57. The molecule has 0 unspecified atom stereocenters. The van der Waals surface area contributed by atoms with Gasteiger partial charge < -0.3 is 14.6 Å². The standard InChI is InChI=1S/C19H18ClN3O3/c1-2-25-16-6-4-3-5-15(16)19(24)21-12-11-17-22-18(23-26-17)13-7-9-14(20)10-8-13/h3-10H,2,11-12H2,1H3,(H,21,24). The zero-order chi connectivity index (χ0) is 18.4. The first-order valence-corrected chi connectivity index (χ1v) is 8.63. The van der Waals surface area contributed by atoms with Crippen LogP contribution in [0.2, 0.25) is 5.02 Å². The molecule has 134 valence electrons. The van der Waals surface area contributed by atoms with E-state index in [0.29, 0.717) is 47.6 Å². The maximum atomic E-state index is 12.3. The molecule has 1 amide bonds. The minimum atomic E-state index is -0.202. The van der Waals surface area contributed by atoms with Crippen LogP contribution in [0.1, 0.15) is 23.2 Å². The van der Waals surface area contributed by atoms with Gasteiger partial charge in [0.1, 0.15) is 5.75 Å². The van der Waals surface area contributed by atoms with Gasteiger partial charge in [0.2, 0.25) is 11.7 Å². The Bertz CT molecular complexity index is 878. The number of benzene rings is 2. The van der Waals surface area contributed by atoms with Crippen LogP contribution < -0.4 is 10.1 Å². The monoisotopic (exact) mass is 371 g/mol. The summed E-state index contributed by atoms with van der Waals surface area (Å²) in [4.78, 5) is 16.6. The van der Waals surface area contributed by atoms with Gasteiger partial charge in [-0.1, -0.05) is 28.9 Å². The van der Waals surface area contributed by atoms with Crippen LogP contribution >= 0.6 is 11.6 Å². The molecule has 6 nitrogen and oxygen atoms in total. The summed E-state index contributed by atoms with van der Waals surface area (Å²) in [5.41, 5.74) is 1.32. The van der Waals surface area contributed by atoms with Gasteiger partial charge >= 0.3 is 0 Å². The average molecular weight is 372 g/mol. The van der Waals surface area contributed by atoms with Crippen LogP contribution in [0, 0.1) is 0 Å². The van der Waals surface area contributed by atoms with Crippen LogP contribution in [0.3, 0.4) is 0 Å². The van der Waals surface area contributed by atoms with E-state index >= 15 is 0 Å². The summed E-state index contributed by atoms with van der Waals surface area (Å²) in [7, 11) is 0. The Morgan fingerprint density at radius 3 is 2.73 bits per heavy atom. The van der Waals surface area contributed by atoms with Gasteiger partial charge in [-0.2, -0.15) is 4.98 Å².